The van der Waals surface area contributed by atoms with Crippen LogP contribution in [-0.4, -0.2) is 71.8 Å². The Morgan fingerprint density at radius 3 is 1.96 bits per heavy atom. The van der Waals surface area contributed by atoms with Crippen LogP contribution in [0.3, 0.4) is 0 Å². The largest absolute Gasteiger partial charge is 0.493 e. The number of aliphatic imine (C=N–C) groups is 1. The van der Waals surface area contributed by atoms with Gasteiger partial charge in [0, 0.05) is 41.2 Å². The number of amides is 3. The van der Waals surface area contributed by atoms with Crippen LogP contribution in [0, 0.1) is 0 Å². The van der Waals surface area contributed by atoms with Crippen molar-refractivity contribution < 1.29 is 14.3 Å². The summed E-state index contributed by atoms with van der Waals surface area (Å²) in [5.41, 5.74) is 6.41. The molecule has 2 aliphatic heterocycles. The number of ether oxygens (including phenoxy) is 1. The van der Waals surface area contributed by atoms with Crippen LogP contribution < -0.4 is 10.5 Å². The molecule has 47 heavy (non-hydrogen) atoms. The first-order valence-electron chi connectivity index (χ1n) is 15.8. The van der Waals surface area contributed by atoms with E-state index in [1.165, 1.54) is 0 Å². The summed E-state index contributed by atoms with van der Waals surface area (Å²) in [7, 11) is 0. The van der Waals surface area contributed by atoms with Gasteiger partial charge in [0.1, 0.15) is 22.7 Å². The maximum Gasteiger partial charge on any atom is 0.326 e. The van der Waals surface area contributed by atoms with Gasteiger partial charge in [-0.3, -0.25) is 19.6 Å². The molecule has 8 nitrogen and oxygen atoms in total. The number of carbonyl (C=O) groups excluding carboxylic acids is 2. The van der Waals surface area contributed by atoms with Gasteiger partial charge in [-0.1, -0.05) is 79.8 Å². The van der Waals surface area contributed by atoms with E-state index in [0.29, 0.717) is 65.0 Å². The molecule has 250 valence electrons. The summed E-state index contributed by atoms with van der Waals surface area (Å²) >= 11 is 19.8. The van der Waals surface area contributed by atoms with Gasteiger partial charge in [-0.15, -0.1) is 0 Å². The summed E-state index contributed by atoms with van der Waals surface area (Å²) in [5.74, 6) is 0.630. The Labute approximate surface area is 292 Å². The summed E-state index contributed by atoms with van der Waals surface area (Å²) in [6.07, 6.45) is 0. The van der Waals surface area contributed by atoms with Crippen LogP contribution in [0.4, 0.5) is 4.79 Å². The number of urea groups is 1. The van der Waals surface area contributed by atoms with Crippen molar-refractivity contribution >= 4 is 52.6 Å². The summed E-state index contributed by atoms with van der Waals surface area (Å²) in [6.45, 7) is 14.7. The lowest BCUT2D eigenvalue weighted by Gasteiger charge is -2.47. The molecule has 2 heterocycles. The highest BCUT2D eigenvalue weighted by Gasteiger charge is 2.60. The lowest BCUT2D eigenvalue weighted by Crippen LogP contribution is -2.61. The fourth-order valence-electron chi connectivity index (χ4n) is 6.60. The van der Waals surface area contributed by atoms with E-state index in [9.17, 15) is 4.79 Å². The van der Waals surface area contributed by atoms with Crippen molar-refractivity contribution in [3.8, 4) is 5.75 Å². The molecule has 2 atom stereocenters. The van der Waals surface area contributed by atoms with Crippen molar-refractivity contribution in [2.45, 2.75) is 58.0 Å². The molecule has 0 bridgehead atoms. The summed E-state index contributed by atoms with van der Waals surface area (Å²) in [5, 5.41) is 1.73. The standard InChI is InChI=1S/C36H42Cl3N5O3/c1-7-47-30-21-28(34(2,3)4)29(39)20-27(30)32-41-35(5,23-8-12-25(37)13-9-23)36(6,24-10-14-26(38)15-11-24)44(32)33(46)43-18-16-42(17-19-43)22-31(40)45/h8-15,20-21H,7,16-19,22H2,1-6H3,(H2,40,45)/t35-,36-/m0/s1. The molecule has 2 aliphatic rings. The Morgan fingerprint density at radius 1 is 0.894 bits per heavy atom. The van der Waals surface area contributed by atoms with Gasteiger partial charge in [-0.25, -0.2) is 4.79 Å². The first kappa shape index (κ1) is 35.0. The van der Waals surface area contributed by atoms with E-state index in [-0.39, 0.29) is 18.0 Å². The second kappa shape index (κ2) is 13.3. The van der Waals surface area contributed by atoms with Gasteiger partial charge < -0.3 is 15.4 Å². The number of rotatable bonds is 7. The number of nitrogens with two attached hydrogens (primary N) is 1. The van der Waals surface area contributed by atoms with Crippen molar-refractivity contribution in [3.63, 3.8) is 0 Å². The van der Waals surface area contributed by atoms with Crippen LogP contribution in [-0.2, 0) is 21.3 Å². The van der Waals surface area contributed by atoms with Gasteiger partial charge in [0.15, 0.2) is 0 Å². The second-order valence-electron chi connectivity index (χ2n) is 13.5. The predicted octanol–water partition coefficient (Wildman–Crippen LogP) is 7.46. The molecule has 2 N–H and O–H groups in total. The predicted molar refractivity (Wildman–Crippen MR) is 190 cm³/mol. The Kier molecular flexibility index (Phi) is 9.91. The molecule has 1 fully saturated rings. The molecule has 0 spiro atoms. The molecule has 5 rings (SSSR count). The average molecular weight is 699 g/mol. The number of carbonyl (C=O) groups is 2. The topological polar surface area (TPSA) is 91.5 Å². The third kappa shape index (κ3) is 6.58. The van der Waals surface area contributed by atoms with Gasteiger partial charge in [0.2, 0.25) is 5.91 Å². The zero-order valence-electron chi connectivity index (χ0n) is 27.7. The lowest BCUT2D eigenvalue weighted by molar-refractivity contribution is -0.119. The molecule has 11 heteroatoms. The minimum Gasteiger partial charge on any atom is -0.493 e. The smallest absolute Gasteiger partial charge is 0.326 e. The number of benzene rings is 3. The SMILES string of the molecule is CCOc1cc(C(C)(C)C)c(Cl)cc1C1=N[C@@](C)(c2ccc(Cl)cc2)[C@](C)(c2ccc(Cl)cc2)N1C(=O)N1CCN(CC(N)=O)CC1. The van der Waals surface area contributed by atoms with Crippen LogP contribution in [0.15, 0.2) is 65.7 Å². The third-order valence-corrected chi connectivity index (χ3v) is 10.2. The monoisotopic (exact) mass is 697 g/mol. The van der Waals surface area contributed by atoms with Crippen molar-refractivity contribution in [3.05, 3.63) is 98.0 Å². The number of amidine groups is 1. The number of hydrogen-bond acceptors (Lipinski definition) is 5. The van der Waals surface area contributed by atoms with Crippen LogP contribution in [0.1, 0.15) is 63.8 Å². The Hall–Kier alpha value is -3.30. The summed E-state index contributed by atoms with van der Waals surface area (Å²) < 4.78 is 6.27. The maximum atomic E-state index is 15.1. The highest BCUT2D eigenvalue weighted by atomic mass is 35.5. The molecule has 3 amide bonds. The van der Waals surface area contributed by atoms with E-state index in [2.05, 4.69) is 20.8 Å². The van der Waals surface area contributed by atoms with Crippen LogP contribution in [0.25, 0.3) is 0 Å². The number of nitrogens with zero attached hydrogens (tertiary/aromatic N) is 4. The Morgan fingerprint density at radius 2 is 1.45 bits per heavy atom. The van der Waals surface area contributed by atoms with Crippen molar-refractivity contribution in [1.29, 1.82) is 0 Å². The normalized spacial score (nSPS) is 21.9. The van der Waals surface area contributed by atoms with E-state index < -0.39 is 17.0 Å². The summed E-state index contributed by atoms with van der Waals surface area (Å²) in [4.78, 5) is 37.7. The van der Waals surface area contributed by atoms with Gasteiger partial charge in [0.25, 0.3) is 0 Å². The maximum absolute atomic E-state index is 15.1. The summed E-state index contributed by atoms with van der Waals surface area (Å²) in [6, 6.07) is 18.7. The molecule has 0 unspecified atom stereocenters. The minimum absolute atomic E-state index is 0.145. The van der Waals surface area contributed by atoms with Crippen molar-refractivity contribution in [1.82, 2.24) is 14.7 Å². The minimum atomic E-state index is -1.05. The van der Waals surface area contributed by atoms with Gasteiger partial charge in [-0.2, -0.15) is 0 Å². The van der Waals surface area contributed by atoms with Crippen LogP contribution in [0.2, 0.25) is 15.1 Å². The lowest BCUT2D eigenvalue weighted by atomic mass is 9.71. The average Bonchev–Trinajstić information content (AvgIpc) is 3.25. The van der Waals surface area contributed by atoms with Crippen LogP contribution in [0.5, 0.6) is 5.75 Å². The highest BCUT2D eigenvalue weighted by Crippen LogP contribution is 2.54. The highest BCUT2D eigenvalue weighted by molar-refractivity contribution is 6.32. The number of halogens is 3. The van der Waals surface area contributed by atoms with E-state index in [1.54, 1.807) is 9.80 Å². The molecule has 0 aromatic heterocycles. The zero-order chi connectivity index (χ0) is 34.3. The van der Waals surface area contributed by atoms with E-state index in [0.717, 1.165) is 16.7 Å². The fourth-order valence-corrected chi connectivity index (χ4v) is 7.30. The fraction of sp³-hybridized carbons (Fsp3) is 0.417. The molecular formula is C36H42Cl3N5O3. The molecule has 3 aromatic rings. The van der Waals surface area contributed by atoms with Crippen LogP contribution >= 0.6 is 34.8 Å². The van der Waals surface area contributed by atoms with E-state index >= 15 is 4.79 Å². The molecule has 0 radical (unpaired) electrons. The Balaban J connectivity index is 1.76. The van der Waals surface area contributed by atoms with Gasteiger partial charge in [-0.05, 0) is 79.3 Å². The van der Waals surface area contributed by atoms with Crippen molar-refractivity contribution in [2.24, 2.45) is 10.7 Å². The molecule has 1 saturated heterocycles. The molecule has 0 saturated carbocycles. The van der Waals surface area contributed by atoms with E-state index in [1.807, 2.05) is 86.3 Å². The number of piperazine rings is 1. The first-order valence-corrected chi connectivity index (χ1v) is 16.9. The number of primary amides is 1. The quantitative estimate of drug-likeness (QED) is 0.278. The molecule has 3 aromatic carbocycles. The van der Waals surface area contributed by atoms with E-state index in [4.69, 9.17) is 50.3 Å². The van der Waals surface area contributed by atoms with Gasteiger partial charge in [0.05, 0.1) is 18.7 Å². The zero-order valence-corrected chi connectivity index (χ0v) is 30.0. The first-order chi connectivity index (χ1) is 22.1. The second-order valence-corrected chi connectivity index (χ2v) is 14.7. The van der Waals surface area contributed by atoms with Crippen molar-refractivity contribution in [2.75, 3.05) is 39.3 Å². The third-order valence-electron chi connectivity index (χ3n) is 9.38. The molecular weight excluding hydrogens is 657 g/mol. The molecule has 0 aliphatic carbocycles. The number of hydrogen-bond donors (Lipinski definition) is 1. The van der Waals surface area contributed by atoms with Gasteiger partial charge >= 0.3 is 6.03 Å². The Bertz CT molecular complexity index is 1680.